The first kappa shape index (κ1) is 21.5. The largest absolute Gasteiger partial charge is 0.446 e. The Bertz CT molecular complexity index is 1010. The predicted molar refractivity (Wildman–Crippen MR) is 104 cm³/mol. The number of urea groups is 1. The highest BCUT2D eigenvalue weighted by molar-refractivity contribution is 6.30. The molecule has 4 rings (SSSR count). The molecule has 12 heteroatoms. The minimum absolute atomic E-state index is 0.0898. The van der Waals surface area contributed by atoms with Crippen LogP contribution in [0.5, 0.6) is 0 Å². The summed E-state index contributed by atoms with van der Waals surface area (Å²) in [5, 5.41) is 12.5. The Kier molecular flexibility index (Phi) is 5.67. The number of nitrogens with one attached hydrogen (secondary N) is 1. The average molecular weight is 445 g/mol. The number of ether oxygens (including phenoxy) is 2. The Morgan fingerprint density at radius 2 is 2.06 bits per heavy atom. The molecule has 1 aromatic carbocycles. The van der Waals surface area contributed by atoms with Gasteiger partial charge in [0.25, 0.3) is 0 Å². The number of carbonyl (C=O) groups is 4. The lowest BCUT2D eigenvalue weighted by Gasteiger charge is -2.37. The SMILES string of the molecule is N#C[C@]12OC(=O)C(=O)OC1CCN2C(=O)CNCCN1CCN(c2cccc(F)c2)C1=O. The number of carbonyl (C=O) groups excluding carboxylic acids is 4. The summed E-state index contributed by atoms with van der Waals surface area (Å²) in [7, 11) is 0. The van der Waals surface area contributed by atoms with Gasteiger partial charge in [0.05, 0.1) is 6.54 Å². The first-order chi connectivity index (χ1) is 15.4. The number of hydrogen-bond acceptors (Lipinski definition) is 8. The molecule has 168 valence electrons. The van der Waals surface area contributed by atoms with Gasteiger partial charge in [-0.2, -0.15) is 5.26 Å². The van der Waals surface area contributed by atoms with Crippen molar-refractivity contribution in [3.8, 4) is 6.07 Å². The van der Waals surface area contributed by atoms with Crippen molar-refractivity contribution >= 4 is 29.6 Å². The van der Waals surface area contributed by atoms with Gasteiger partial charge in [0.2, 0.25) is 5.91 Å². The van der Waals surface area contributed by atoms with Gasteiger partial charge >= 0.3 is 23.7 Å². The fourth-order valence-electron chi connectivity index (χ4n) is 4.05. The van der Waals surface area contributed by atoms with E-state index in [9.17, 15) is 28.8 Å². The van der Waals surface area contributed by atoms with Crippen LogP contribution in [0.1, 0.15) is 6.42 Å². The van der Waals surface area contributed by atoms with Crippen molar-refractivity contribution in [3.63, 3.8) is 0 Å². The Morgan fingerprint density at radius 3 is 2.81 bits per heavy atom. The maximum atomic E-state index is 13.4. The summed E-state index contributed by atoms with van der Waals surface area (Å²) in [4.78, 5) is 52.3. The van der Waals surface area contributed by atoms with Gasteiger partial charge in [-0.15, -0.1) is 0 Å². The van der Waals surface area contributed by atoms with Crippen LogP contribution in [0, 0.1) is 17.1 Å². The molecule has 2 atom stereocenters. The van der Waals surface area contributed by atoms with E-state index < -0.39 is 35.5 Å². The van der Waals surface area contributed by atoms with Crippen molar-refractivity contribution < 1.29 is 33.0 Å². The summed E-state index contributed by atoms with van der Waals surface area (Å²) >= 11 is 0. The van der Waals surface area contributed by atoms with Crippen LogP contribution < -0.4 is 10.2 Å². The van der Waals surface area contributed by atoms with Crippen molar-refractivity contribution in [2.75, 3.05) is 44.2 Å². The monoisotopic (exact) mass is 445 g/mol. The number of nitrogens with zero attached hydrogens (tertiary/aromatic N) is 4. The second-order valence-electron chi connectivity index (χ2n) is 7.50. The van der Waals surface area contributed by atoms with Crippen LogP contribution in [0.15, 0.2) is 24.3 Å². The minimum atomic E-state index is -1.96. The number of amides is 3. The van der Waals surface area contributed by atoms with E-state index in [1.54, 1.807) is 17.0 Å². The van der Waals surface area contributed by atoms with Crippen molar-refractivity contribution in [2.24, 2.45) is 0 Å². The summed E-state index contributed by atoms with van der Waals surface area (Å²) in [6.45, 7) is 1.41. The first-order valence-electron chi connectivity index (χ1n) is 10.0. The number of likely N-dealkylation sites (tertiary alicyclic amines) is 1. The maximum absolute atomic E-state index is 13.4. The van der Waals surface area contributed by atoms with E-state index in [1.807, 2.05) is 0 Å². The highest BCUT2D eigenvalue weighted by Gasteiger charge is 2.61. The summed E-state index contributed by atoms with van der Waals surface area (Å²) in [5.74, 6) is -3.43. The van der Waals surface area contributed by atoms with Gasteiger partial charge in [0, 0.05) is 44.8 Å². The molecule has 0 aromatic heterocycles. The third-order valence-corrected chi connectivity index (χ3v) is 5.63. The molecule has 1 unspecified atom stereocenters. The molecule has 3 amide bonds. The van der Waals surface area contributed by atoms with Crippen LogP contribution in [-0.4, -0.2) is 84.8 Å². The minimum Gasteiger partial charge on any atom is -0.446 e. The van der Waals surface area contributed by atoms with Crippen molar-refractivity contribution in [3.05, 3.63) is 30.1 Å². The molecule has 1 aromatic rings. The molecule has 3 aliphatic rings. The molecule has 0 bridgehead atoms. The molecule has 0 spiro atoms. The van der Waals surface area contributed by atoms with Gasteiger partial charge in [0.1, 0.15) is 11.9 Å². The molecule has 3 saturated heterocycles. The highest BCUT2D eigenvalue weighted by atomic mass is 19.1. The number of rotatable bonds is 6. The third kappa shape index (κ3) is 3.71. The topological polar surface area (TPSA) is 132 Å². The average Bonchev–Trinajstić information content (AvgIpc) is 3.32. The normalized spacial score (nSPS) is 24.8. The first-order valence-corrected chi connectivity index (χ1v) is 10.0. The Balaban J connectivity index is 1.28. The summed E-state index contributed by atoms with van der Waals surface area (Å²) < 4.78 is 23.3. The van der Waals surface area contributed by atoms with Crippen LogP contribution in [-0.2, 0) is 23.9 Å². The Morgan fingerprint density at radius 1 is 1.25 bits per heavy atom. The number of benzene rings is 1. The summed E-state index contributed by atoms with van der Waals surface area (Å²) in [5.41, 5.74) is -1.48. The van der Waals surface area contributed by atoms with Gasteiger partial charge in [-0.1, -0.05) is 6.07 Å². The Hall–Kier alpha value is -3.72. The predicted octanol–water partition coefficient (Wildman–Crippen LogP) is -0.422. The van der Waals surface area contributed by atoms with Crippen LogP contribution in [0.25, 0.3) is 0 Å². The van der Waals surface area contributed by atoms with Crippen LogP contribution >= 0.6 is 0 Å². The number of esters is 2. The zero-order chi connectivity index (χ0) is 22.9. The molecule has 0 radical (unpaired) electrons. The quantitative estimate of drug-likeness (QED) is 0.355. The van der Waals surface area contributed by atoms with Crippen LogP contribution in [0.4, 0.5) is 14.9 Å². The number of hydrogen-bond donors (Lipinski definition) is 1. The lowest BCUT2D eigenvalue weighted by atomic mass is 10.1. The van der Waals surface area contributed by atoms with Gasteiger partial charge in [-0.05, 0) is 18.2 Å². The van der Waals surface area contributed by atoms with E-state index >= 15 is 0 Å². The molecular weight excluding hydrogens is 425 g/mol. The van der Waals surface area contributed by atoms with E-state index in [2.05, 4.69) is 5.32 Å². The molecule has 3 fully saturated rings. The molecule has 3 heterocycles. The lowest BCUT2D eigenvalue weighted by Crippen LogP contribution is -2.61. The van der Waals surface area contributed by atoms with E-state index in [1.165, 1.54) is 23.1 Å². The molecule has 32 heavy (non-hydrogen) atoms. The number of anilines is 1. The highest BCUT2D eigenvalue weighted by Crippen LogP contribution is 2.36. The second kappa shape index (κ2) is 8.43. The number of fused-ring (bicyclic) bond motifs is 1. The molecule has 3 aliphatic heterocycles. The summed E-state index contributed by atoms with van der Waals surface area (Å²) in [6.07, 6.45) is -0.853. The summed E-state index contributed by atoms with van der Waals surface area (Å²) in [6, 6.07) is 7.33. The smallest absolute Gasteiger partial charge is 0.420 e. The lowest BCUT2D eigenvalue weighted by molar-refractivity contribution is -0.217. The fraction of sp³-hybridized carbons (Fsp3) is 0.450. The zero-order valence-electron chi connectivity index (χ0n) is 17.0. The van der Waals surface area contributed by atoms with Crippen molar-refractivity contribution in [1.29, 1.82) is 5.26 Å². The zero-order valence-corrected chi connectivity index (χ0v) is 17.0. The van der Waals surface area contributed by atoms with Crippen molar-refractivity contribution in [2.45, 2.75) is 18.2 Å². The van der Waals surface area contributed by atoms with E-state index in [4.69, 9.17) is 9.47 Å². The molecule has 11 nitrogen and oxygen atoms in total. The number of nitriles is 1. The molecule has 0 saturated carbocycles. The van der Waals surface area contributed by atoms with Gasteiger partial charge in [0.15, 0.2) is 6.10 Å². The van der Waals surface area contributed by atoms with Crippen LogP contribution in [0.2, 0.25) is 0 Å². The fourth-order valence-corrected chi connectivity index (χ4v) is 4.05. The number of halogens is 1. The van der Waals surface area contributed by atoms with Crippen LogP contribution in [0.3, 0.4) is 0 Å². The van der Waals surface area contributed by atoms with Gasteiger partial charge in [-0.3, -0.25) is 14.6 Å². The van der Waals surface area contributed by atoms with E-state index in [-0.39, 0.29) is 25.5 Å². The van der Waals surface area contributed by atoms with Gasteiger partial charge in [-0.25, -0.2) is 18.8 Å². The maximum Gasteiger partial charge on any atom is 0.420 e. The second-order valence-corrected chi connectivity index (χ2v) is 7.50. The molecular formula is C20H20FN5O6. The van der Waals surface area contributed by atoms with Crippen molar-refractivity contribution in [1.82, 2.24) is 15.1 Å². The van der Waals surface area contributed by atoms with Gasteiger partial charge < -0.3 is 19.7 Å². The van der Waals surface area contributed by atoms with E-state index in [0.29, 0.717) is 31.9 Å². The Labute approximate surface area is 182 Å². The standard InChI is InChI=1S/C20H20FN5O6/c21-13-2-1-3-14(10-13)25-9-8-24(19(25)30)7-5-23-11-16(27)26-6-4-15-20(26,12-22)32-18(29)17(28)31-15/h1-3,10,15,23H,4-9,11H2/t15?,20-/m0/s1. The van der Waals surface area contributed by atoms with E-state index in [0.717, 1.165) is 4.90 Å². The third-order valence-electron chi connectivity index (χ3n) is 5.63. The molecule has 1 N–H and O–H groups in total. The molecule has 0 aliphatic carbocycles.